The Morgan fingerprint density at radius 3 is 2.78 bits per heavy atom. The van der Waals surface area contributed by atoms with Gasteiger partial charge in [0.2, 0.25) is 0 Å². The summed E-state index contributed by atoms with van der Waals surface area (Å²) in [5, 5.41) is 2.84. The number of nitrogen functional groups attached to an aromatic ring is 1. The molecule has 1 aromatic heterocycles. The van der Waals surface area contributed by atoms with Crippen molar-refractivity contribution in [1.82, 2.24) is 4.98 Å². The minimum Gasteiger partial charge on any atom is -0.397 e. The molecular weight excluding hydrogens is 254 g/mol. The van der Waals surface area contributed by atoms with Crippen molar-refractivity contribution in [2.75, 3.05) is 11.1 Å². The summed E-state index contributed by atoms with van der Waals surface area (Å²) in [5.41, 5.74) is 5.95. The highest BCUT2D eigenvalue weighted by Gasteiger charge is 2.13. The Morgan fingerprint density at radius 1 is 1.33 bits per heavy atom. The van der Waals surface area contributed by atoms with E-state index in [1.165, 1.54) is 18.5 Å². The minimum absolute atomic E-state index is 0.00294. The third-order valence-corrected chi connectivity index (χ3v) is 2.67. The molecule has 1 aromatic carbocycles. The van der Waals surface area contributed by atoms with Gasteiger partial charge in [-0.25, -0.2) is 0 Å². The lowest BCUT2D eigenvalue weighted by molar-refractivity contribution is 0.102. The predicted molar refractivity (Wildman–Crippen MR) is 70.9 cm³/mol. The number of aromatic nitrogens is 1. The highest BCUT2D eigenvalue weighted by atomic mass is 35.5. The van der Waals surface area contributed by atoms with Crippen molar-refractivity contribution in [3.05, 3.63) is 57.5 Å². The first kappa shape index (κ1) is 12.2. The Kier molecular flexibility index (Phi) is 3.34. The van der Waals surface area contributed by atoms with E-state index in [-0.39, 0.29) is 11.0 Å². The van der Waals surface area contributed by atoms with Crippen LogP contribution in [0.5, 0.6) is 0 Å². The SMILES string of the molecule is Nc1cccc(Cl)c1NC(=O)c1c[nH]ccc1=O. The number of carbonyl (C=O) groups is 1. The van der Waals surface area contributed by atoms with Crippen LogP contribution in [-0.2, 0) is 0 Å². The molecule has 1 heterocycles. The molecule has 92 valence electrons. The van der Waals surface area contributed by atoms with Gasteiger partial charge in [-0.1, -0.05) is 17.7 Å². The number of para-hydroxylation sites is 1. The van der Waals surface area contributed by atoms with Crippen LogP contribution in [-0.4, -0.2) is 10.9 Å². The van der Waals surface area contributed by atoms with Gasteiger partial charge in [0.25, 0.3) is 5.91 Å². The fraction of sp³-hybridized carbons (Fsp3) is 0. The number of rotatable bonds is 2. The summed E-state index contributed by atoms with van der Waals surface area (Å²) in [4.78, 5) is 26.0. The quantitative estimate of drug-likeness (QED) is 0.723. The van der Waals surface area contributed by atoms with Crippen molar-refractivity contribution < 1.29 is 4.79 Å². The molecule has 0 spiro atoms. The van der Waals surface area contributed by atoms with Gasteiger partial charge in [-0.2, -0.15) is 0 Å². The second-order valence-electron chi connectivity index (χ2n) is 3.58. The number of hydrogen-bond acceptors (Lipinski definition) is 3. The van der Waals surface area contributed by atoms with Gasteiger partial charge in [-0.15, -0.1) is 0 Å². The minimum atomic E-state index is -0.559. The summed E-state index contributed by atoms with van der Waals surface area (Å²) in [6.07, 6.45) is 2.77. The molecule has 0 unspecified atom stereocenters. The standard InChI is InChI=1S/C12H10ClN3O2/c13-8-2-1-3-9(14)11(8)16-12(18)7-6-15-5-4-10(7)17/h1-6H,14H2,(H,15,17)(H,16,18). The first-order valence-electron chi connectivity index (χ1n) is 5.12. The molecule has 6 heteroatoms. The molecular formula is C12H10ClN3O2. The molecule has 0 saturated carbocycles. The molecule has 0 radical (unpaired) electrons. The van der Waals surface area contributed by atoms with Crippen molar-refractivity contribution in [2.24, 2.45) is 0 Å². The number of nitrogens with one attached hydrogen (secondary N) is 2. The van der Waals surface area contributed by atoms with E-state index in [0.717, 1.165) is 0 Å². The Labute approximate surface area is 108 Å². The van der Waals surface area contributed by atoms with Gasteiger partial charge in [-0.05, 0) is 12.1 Å². The maximum Gasteiger partial charge on any atom is 0.261 e. The molecule has 0 aliphatic heterocycles. The number of carbonyl (C=O) groups excluding carboxylic acids is 1. The van der Waals surface area contributed by atoms with Crippen LogP contribution in [0.1, 0.15) is 10.4 Å². The van der Waals surface area contributed by atoms with E-state index in [0.29, 0.717) is 16.4 Å². The number of amides is 1. The number of H-pyrrole nitrogens is 1. The van der Waals surface area contributed by atoms with Gasteiger partial charge in [0.05, 0.1) is 16.4 Å². The Bertz CT molecular complexity index is 632. The molecule has 0 aliphatic carbocycles. The number of hydrogen-bond donors (Lipinski definition) is 3. The van der Waals surface area contributed by atoms with Crippen LogP contribution in [0.3, 0.4) is 0 Å². The lowest BCUT2D eigenvalue weighted by atomic mass is 10.2. The van der Waals surface area contributed by atoms with Gasteiger partial charge < -0.3 is 16.0 Å². The number of pyridine rings is 1. The van der Waals surface area contributed by atoms with E-state index in [4.69, 9.17) is 17.3 Å². The van der Waals surface area contributed by atoms with Gasteiger partial charge in [-0.3, -0.25) is 9.59 Å². The largest absolute Gasteiger partial charge is 0.397 e. The Hall–Kier alpha value is -2.27. The monoisotopic (exact) mass is 263 g/mol. The average molecular weight is 264 g/mol. The molecule has 2 aromatic rings. The first-order valence-corrected chi connectivity index (χ1v) is 5.50. The van der Waals surface area contributed by atoms with Crippen LogP contribution >= 0.6 is 11.6 Å². The van der Waals surface area contributed by atoms with E-state index < -0.39 is 5.91 Å². The van der Waals surface area contributed by atoms with E-state index in [2.05, 4.69) is 10.3 Å². The summed E-state index contributed by atoms with van der Waals surface area (Å²) in [5.74, 6) is -0.559. The van der Waals surface area contributed by atoms with E-state index in [9.17, 15) is 9.59 Å². The van der Waals surface area contributed by atoms with Crippen molar-refractivity contribution >= 4 is 28.9 Å². The fourth-order valence-corrected chi connectivity index (χ4v) is 1.68. The molecule has 0 bridgehead atoms. The Morgan fingerprint density at radius 2 is 2.11 bits per heavy atom. The average Bonchev–Trinajstić information content (AvgIpc) is 2.34. The van der Waals surface area contributed by atoms with Crippen LogP contribution < -0.4 is 16.5 Å². The number of aromatic amines is 1. The maximum atomic E-state index is 11.9. The van der Waals surface area contributed by atoms with Crippen LogP contribution in [0.15, 0.2) is 41.5 Å². The smallest absolute Gasteiger partial charge is 0.261 e. The summed E-state index contributed by atoms with van der Waals surface area (Å²) in [7, 11) is 0. The first-order chi connectivity index (χ1) is 8.59. The van der Waals surface area contributed by atoms with Crippen LogP contribution in [0, 0.1) is 0 Å². The molecule has 2 rings (SSSR count). The normalized spacial score (nSPS) is 10.1. The highest BCUT2D eigenvalue weighted by molar-refractivity contribution is 6.34. The molecule has 0 atom stereocenters. The van der Waals surface area contributed by atoms with Gasteiger partial charge >= 0.3 is 0 Å². The van der Waals surface area contributed by atoms with E-state index in [1.54, 1.807) is 18.2 Å². The number of nitrogens with two attached hydrogens (primary N) is 1. The van der Waals surface area contributed by atoms with Crippen LogP contribution in [0.4, 0.5) is 11.4 Å². The van der Waals surface area contributed by atoms with Gasteiger partial charge in [0, 0.05) is 18.5 Å². The van der Waals surface area contributed by atoms with E-state index in [1.807, 2.05) is 0 Å². The third kappa shape index (κ3) is 2.36. The third-order valence-electron chi connectivity index (χ3n) is 2.35. The van der Waals surface area contributed by atoms with Crippen molar-refractivity contribution in [2.45, 2.75) is 0 Å². The highest BCUT2D eigenvalue weighted by Crippen LogP contribution is 2.27. The Balaban J connectivity index is 2.33. The zero-order valence-corrected chi connectivity index (χ0v) is 9.99. The molecule has 0 aliphatic rings. The summed E-state index contributed by atoms with van der Waals surface area (Å²) in [6, 6.07) is 6.15. The van der Waals surface area contributed by atoms with E-state index >= 15 is 0 Å². The molecule has 4 N–H and O–H groups in total. The summed E-state index contributed by atoms with van der Waals surface area (Å²) in [6.45, 7) is 0. The van der Waals surface area contributed by atoms with Gasteiger partial charge in [0.15, 0.2) is 5.43 Å². The fourth-order valence-electron chi connectivity index (χ4n) is 1.45. The molecule has 1 amide bonds. The number of anilines is 2. The second kappa shape index (κ2) is 4.93. The van der Waals surface area contributed by atoms with Gasteiger partial charge in [0.1, 0.15) is 5.56 Å². The van der Waals surface area contributed by atoms with Crippen molar-refractivity contribution in [1.29, 1.82) is 0 Å². The van der Waals surface area contributed by atoms with Crippen molar-refractivity contribution in [3.8, 4) is 0 Å². The topological polar surface area (TPSA) is 88.0 Å². The lowest BCUT2D eigenvalue weighted by Crippen LogP contribution is -2.21. The lowest BCUT2D eigenvalue weighted by Gasteiger charge is -2.09. The van der Waals surface area contributed by atoms with Crippen LogP contribution in [0.25, 0.3) is 0 Å². The molecule has 0 saturated heterocycles. The predicted octanol–water partition coefficient (Wildman–Crippen LogP) is 1.86. The number of benzene rings is 1. The zero-order valence-electron chi connectivity index (χ0n) is 9.24. The molecule has 5 nitrogen and oxygen atoms in total. The number of halogens is 1. The zero-order chi connectivity index (χ0) is 13.1. The maximum absolute atomic E-state index is 11.9. The molecule has 0 fully saturated rings. The van der Waals surface area contributed by atoms with Crippen molar-refractivity contribution in [3.63, 3.8) is 0 Å². The summed E-state index contributed by atoms with van der Waals surface area (Å²) >= 11 is 5.92. The second-order valence-corrected chi connectivity index (χ2v) is 3.99. The van der Waals surface area contributed by atoms with Crippen LogP contribution in [0.2, 0.25) is 5.02 Å². The summed E-state index contributed by atoms with van der Waals surface area (Å²) < 4.78 is 0. The molecule has 18 heavy (non-hydrogen) atoms.